The summed E-state index contributed by atoms with van der Waals surface area (Å²) in [6.07, 6.45) is 0. The lowest BCUT2D eigenvalue weighted by Crippen LogP contribution is -2.16. The molecule has 1 aromatic carbocycles. The van der Waals surface area contributed by atoms with E-state index in [1.165, 1.54) is 29.5 Å². The summed E-state index contributed by atoms with van der Waals surface area (Å²) in [5, 5.41) is 4.60. The van der Waals surface area contributed by atoms with E-state index in [2.05, 4.69) is 26.0 Å². The third-order valence-electron chi connectivity index (χ3n) is 2.53. The van der Waals surface area contributed by atoms with Crippen LogP contribution in [0.15, 0.2) is 39.0 Å². The first-order valence-electron chi connectivity index (χ1n) is 5.63. The smallest absolute Gasteiger partial charge is 0.263 e. The Morgan fingerprint density at radius 1 is 1.35 bits per heavy atom. The quantitative estimate of drug-likeness (QED) is 0.839. The Balaban J connectivity index is 2.39. The molecule has 8 heteroatoms. The van der Waals surface area contributed by atoms with Gasteiger partial charge in [-0.3, -0.25) is 4.72 Å². The van der Waals surface area contributed by atoms with Crippen LogP contribution in [0.2, 0.25) is 0 Å². The van der Waals surface area contributed by atoms with Crippen LogP contribution in [0, 0.1) is 5.82 Å². The Morgan fingerprint density at radius 2 is 2.10 bits per heavy atom. The van der Waals surface area contributed by atoms with E-state index in [4.69, 9.17) is 0 Å². The van der Waals surface area contributed by atoms with Gasteiger partial charge < -0.3 is 5.32 Å². The number of halogens is 2. The Bertz CT molecular complexity index is 696. The van der Waals surface area contributed by atoms with Crippen molar-refractivity contribution in [1.82, 2.24) is 5.32 Å². The van der Waals surface area contributed by atoms with Crippen molar-refractivity contribution in [3.05, 3.63) is 44.8 Å². The second-order valence-corrected chi connectivity index (χ2v) is 7.45. The monoisotopic (exact) mass is 378 g/mol. The third kappa shape index (κ3) is 3.20. The number of anilines is 1. The Hall–Kier alpha value is -0.960. The van der Waals surface area contributed by atoms with Gasteiger partial charge in [0.15, 0.2) is 0 Å². The highest BCUT2D eigenvalue weighted by Gasteiger charge is 2.22. The fourth-order valence-electron chi connectivity index (χ4n) is 1.64. The van der Waals surface area contributed by atoms with Crippen LogP contribution in [-0.4, -0.2) is 15.5 Å². The first-order valence-corrected chi connectivity index (χ1v) is 8.79. The zero-order valence-electron chi connectivity index (χ0n) is 10.5. The van der Waals surface area contributed by atoms with Crippen molar-refractivity contribution < 1.29 is 12.8 Å². The number of para-hydroxylation sites is 1. The number of hydrogen-bond acceptors (Lipinski definition) is 4. The van der Waals surface area contributed by atoms with E-state index in [0.29, 0.717) is 15.9 Å². The summed E-state index contributed by atoms with van der Waals surface area (Å²) in [6, 6.07) is 5.77. The number of nitrogens with one attached hydrogen (secondary N) is 2. The molecule has 2 aromatic rings. The predicted octanol–water partition coefficient (Wildman–Crippen LogP) is 3.17. The largest absolute Gasteiger partial charge is 0.315 e. The minimum Gasteiger partial charge on any atom is -0.315 e. The van der Waals surface area contributed by atoms with Crippen molar-refractivity contribution in [2.75, 3.05) is 11.8 Å². The lowest BCUT2D eigenvalue weighted by Gasteiger charge is -2.11. The number of hydrogen-bond donors (Lipinski definition) is 2. The number of sulfonamides is 1. The summed E-state index contributed by atoms with van der Waals surface area (Å²) in [6.45, 7) is 0.437. The molecule has 0 saturated carbocycles. The standard InChI is InChI=1S/C12H12BrFN2O2S2/c1-15-7-10-11(5-6-19-10)20(17,18)16-12-8(13)3-2-4-9(12)14/h2-6,15-16H,7H2,1H3. The molecule has 0 atom stereocenters. The van der Waals surface area contributed by atoms with Gasteiger partial charge in [-0.05, 0) is 46.6 Å². The summed E-state index contributed by atoms with van der Waals surface area (Å²) in [7, 11) is -2.08. The summed E-state index contributed by atoms with van der Waals surface area (Å²) in [4.78, 5) is 0.833. The zero-order chi connectivity index (χ0) is 14.8. The third-order valence-corrected chi connectivity index (χ3v) is 5.68. The van der Waals surface area contributed by atoms with Crippen molar-refractivity contribution in [3.8, 4) is 0 Å². The van der Waals surface area contributed by atoms with E-state index < -0.39 is 15.8 Å². The topological polar surface area (TPSA) is 58.2 Å². The molecule has 0 fully saturated rings. The zero-order valence-corrected chi connectivity index (χ0v) is 13.7. The van der Waals surface area contributed by atoms with Crippen LogP contribution in [0.5, 0.6) is 0 Å². The fraction of sp³-hybridized carbons (Fsp3) is 0.167. The van der Waals surface area contributed by atoms with Crippen molar-refractivity contribution in [2.45, 2.75) is 11.4 Å². The summed E-state index contributed by atoms with van der Waals surface area (Å²) in [5.41, 5.74) is -0.0888. The highest BCUT2D eigenvalue weighted by molar-refractivity contribution is 9.10. The molecule has 0 radical (unpaired) electrons. The van der Waals surface area contributed by atoms with Crippen LogP contribution in [0.3, 0.4) is 0 Å². The van der Waals surface area contributed by atoms with Gasteiger partial charge in [0.05, 0.1) is 5.69 Å². The number of thiophene rings is 1. The summed E-state index contributed by atoms with van der Waals surface area (Å²) < 4.78 is 41.0. The van der Waals surface area contributed by atoms with Gasteiger partial charge in [0, 0.05) is 15.9 Å². The molecule has 0 spiro atoms. The molecule has 1 aromatic heterocycles. The van der Waals surface area contributed by atoms with E-state index >= 15 is 0 Å². The first kappa shape index (κ1) is 15.4. The second kappa shape index (κ2) is 6.21. The van der Waals surface area contributed by atoms with Crippen molar-refractivity contribution in [3.63, 3.8) is 0 Å². The van der Waals surface area contributed by atoms with Crippen molar-refractivity contribution in [2.24, 2.45) is 0 Å². The Morgan fingerprint density at radius 3 is 2.75 bits per heavy atom. The summed E-state index contributed by atoms with van der Waals surface area (Å²) in [5.74, 6) is -0.631. The van der Waals surface area contributed by atoms with Gasteiger partial charge >= 0.3 is 0 Å². The van der Waals surface area contributed by atoms with Gasteiger partial charge in [-0.1, -0.05) is 6.07 Å². The van der Waals surface area contributed by atoms with Gasteiger partial charge in [0.1, 0.15) is 10.7 Å². The maximum Gasteiger partial charge on any atom is 0.263 e. The SMILES string of the molecule is CNCc1sccc1S(=O)(=O)Nc1c(F)cccc1Br. The molecule has 0 aliphatic carbocycles. The van der Waals surface area contributed by atoms with E-state index in [1.54, 1.807) is 18.5 Å². The van der Waals surface area contributed by atoms with Crippen LogP contribution in [0.1, 0.15) is 4.88 Å². The molecule has 0 aliphatic heterocycles. The second-order valence-electron chi connectivity index (χ2n) is 3.94. The minimum absolute atomic E-state index is 0.0888. The van der Waals surface area contributed by atoms with Crippen LogP contribution < -0.4 is 10.0 Å². The fourth-order valence-corrected chi connectivity index (χ4v) is 4.76. The minimum atomic E-state index is -3.82. The van der Waals surface area contributed by atoms with Gasteiger partial charge in [0.2, 0.25) is 0 Å². The molecule has 2 N–H and O–H groups in total. The van der Waals surface area contributed by atoms with Crippen LogP contribution in [0.4, 0.5) is 10.1 Å². The molecular weight excluding hydrogens is 367 g/mol. The average molecular weight is 379 g/mol. The van der Waals surface area contributed by atoms with Gasteiger partial charge in [0.25, 0.3) is 10.0 Å². The van der Waals surface area contributed by atoms with Gasteiger partial charge in [-0.25, -0.2) is 12.8 Å². The maximum atomic E-state index is 13.7. The van der Waals surface area contributed by atoms with E-state index in [0.717, 1.165) is 0 Å². The normalized spacial score (nSPS) is 11.6. The molecule has 0 unspecified atom stereocenters. The van der Waals surface area contributed by atoms with E-state index in [9.17, 15) is 12.8 Å². The molecule has 0 saturated heterocycles. The lowest BCUT2D eigenvalue weighted by atomic mass is 10.3. The summed E-state index contributed by atoms with van der Waals surface area (Å²) >= 11 is 4.47. The molecule has 0 bridgehead atoms. The van der Waals surface area contributed by atoms with Crippen molar-refractivity contribution >= 4 is 43.0 Å². The first-order chi connectivity index (χ1) is 9.45. The van der Waals surface area contributed by atoms with Gasteiger partial charge in [-0.2, -0.15) is 0 Å². The lowest BCUT2D eigenvalue weighted by molar-refractivity contribution is 0.597. The van der Waals surface area contributed by atoms with Crippen LogP contribution >= 0.6 is 27.3 Å². The predicted molar refractivity (Wildman–Crippen MR) is 82.0 cm³/mol. The number of benzene rings is 1. The highest BCUT2D eigenvalue weighted by Crippen LogP contribution is 2.29. The highest BCUT2D eigenvalue weighted by atomic mass is 79.9. The molecule has 0 amide bonds. The van der Waals surface area contributed by atoms with Crippen molar-refractivity contribution in [1.29, 1.82) is 0 Å². The van der Waals surface area contributed by atoms with Gasteiger partial charge in [-0.15, -0.1) is 11.3 Å². The number of rotatable bonds is 5. The average Bonchev–Trinajstić information content (AvgIpc) is 2.84. The van der Waals surface area contributed by atoms with Crippen LogP contribution in [-0.2, 0) is 16.6 Å². The molecule has 108 valence electrons. The molecule has 1 heterocycles. The Kier molecular flexibility index (Phi) is 4.79. The maximum absolute atomic E-state index is 13.7. The molecule has 4 nitrogen and oxygen atoms in total. The molecule has 0 aliphatic rings. The van der Waals surface area contributed by atoms with Crippen LogP contribution in [0.25, 0.3) is 0 Å². The molecule has 2 rings (SSSR count). The van der Waals surface area contributed by atoms with E-state index in [1.807, 2.05) is 0 Å². The molecular formula is C12H12BrFN2O2S2. The molecule has 20 heavy (non-hydrogen) atoms. The Labute approximate surface area is 129 Å². The van der Waals surface area contributed by atoms with E-state index in [-0.39, 0.29) is 10.6 Å².